The number of hydrogen-bond acceptors (Lipinski definition) is 5. The Morgan fingerprint density at radius 2 is 1.91 bits per heavy atom. The molecule has 3 amide bonds. The smallest absolute Gasteiger partial charge is 0.255 e. The molecule has 2 aromatic rings. The molecule has 3 aliphatic heterocycles. The third-order valence-corrected chi connectivity index (χ3v) is 7.89. The van der Waals surface area contributed by atoms with Crippen LogP contribution < -0.4 is 5.32 Å². The first-order valence-corrected chi connectivity index (χ1v) is 12.0. The van der Waals surface area contributed by atoms with E-state index in [1.165, 1.54) is 15.8 Å². The fraction of sp³-hybridized carbons (Fsp3) is 0.435. The van der Waals surface area contributed by atoms with Crippen molar-refractivity contribution in [3.8, 4) is 0 Å². The predicted molar refractivity (Wildman–Crippen MR) is 119 cm³/mol. The van der Waals surface area contributed by atoms with Gasteiger partial charge in [0.05, 0.1) is 4.34 Å². The second-order valence-corrected chi connectivity index (χ2v) is 10.5. The molecule has 1 atom stereocenters. The molecule has 1 aromatic carbocycles. The van der Waals surface area contributed by atoms with Gasteiger partial charge in [0.1, 0.15) is 11.9 Å². The van der Waals surface area contributed by atoms with Crippen LogP contribution in [0.15, 0.2) is 24.3 Å². The van der Waals surface area contributed by atoms with Gasteiger partial charge in [-0.05, 0) is 67.6 Å². The first-order chi connectivity index (χ1) is 15.4. The number of likely N-dealkylation sites (tertiary alicyclic amines) is 1. The first kappa shape index (κ1) is 21.6. The van der Waals surface area contributed by atoms with Crippen LogP contribution in [0.5, 0.6) is 0 Å². The maximum absolute atomic E-state index is 15.0. The van der Waals surface area contributed by atoms with Crippen molar-refractivity contribution >= 4 is 40.7 Å². The zero-order valence-electron chi connectivity index (χ0n) is 17.4. The lowest BCUT2D eigenvalue weighted by atomic mass is 9.87. The molecule has 9 heteroatoms. The molecule has 4 heterocycles. The molecule has 0 radical (unpaired) electrons. The number of halogens is 2. The van der Waals surface area contributed by atoms with E-state index >= 15 is 4.39 Å². The Kier molecular flexibility index (Phi) is 5.77. The van der Waals surface area contributed by atoms with Gasteiger partial charge in [0.15, 0.2) is 0 Å². The van der Waals surface area contributed by atoms with Gasteiger partial charge in [0.2, 0.25) is 11.8 Å². The lowest BCUT2D eigenvalue weighted by Gasteiger charge is -2.32. The van der Waals surface area contributed by atoms with Gasteiger partial charge >= 0.3 is 0 Å². The summed E-state index contributed by atoms with van der Waals surface area (Å²) in [6.45, 7) is 2.87. The number of fused-ring (bicyclic) bond motifs is 1. The van der Waals surface area contributed by atoms with Crippen molar-refractivity contribution < 1.29 is 18.8 Å². The van der Waals surface area contributed by atoms with Gasteiger partial charge in [-0.25, -0.2) is 4.39 Å². The van der Waals surface area contributed by atoms with E-state index in [0.717, 1.165) is 42.4 Å². The van der Waals surface area contributed by atoms with Gasteiger partial charge in [-0.1, -0.05) is 17.7 Å². The molecule has 168 valence electrons. The number of amides is 3. The van der Waals surface area contributed by atoms with Crippen LogP contribution in [0.1, 0.15) is 58.0 Å². The zero-order valence-corrected chi connectivity index (χ0v) is 19.0. The van der Waals surface area contributed by atoms with Gasteiger partial charge in [-0.2, -0.15) is 0 Å². The van der Waals surface area contributed by atoms with Gasteiger partial charge in [0.25, 0.3) is 5.91 Å². The molecule has 0 aliphatic carbocycles. The number of nitrogens with zero attached hydrogens (tertiary/aromatic N) is 2. The van der Waals surface area contributed by atoms with Crippen molar-refractivity contribution in [3.63, 3.8) is 0 Å². The van der Waals surface area contributed by atoms with Crippen molar-refractivity contribution in [2.45, 2.75) is 50.7 Å². The Labute approximate surface area is 194 Å². The van der Waals surface area contributed by atoms with Crippen LogP contribution in [-0.2, 0) is 22.7 Å². The number of carbonyl (C=O) groups is 3. The Balaban J connectivity index is 1.27. The minimum Gasteiger partial charge on any atom is -0.322 e. The van der Waals surface area contributed by atoms with Crippen molar-refractivity contribution in [1.29, 1.82) is 0 Å². The Morgan fingerprint density at radius 1 is 1.12 bits per heavy atom. The highest BCUT2D eigenvalue weighted by atomic mass is 35.5. The minimum atomic E-state index is -0.687. The highest BCUT2D eigenvalue weighted by molar-refractivity contribution is 7.16. The molecule has 6 nitrogen and oxygen atoms in total. The van der Waals surface area contributed by atoms with Crippen molar-refractivity contribution in [2.24, 2.45) is 0 Å². The van der Waals surface area contributed by atoms with Gasteiger partial charge in [0, 0.05) is 30.0 Å². The highest BCUT2D eigenvalue weighted by Gasteiger charge is 2.40. The fourth-order valence-electron chi connectivity index (χ4n) is 4.98. The summed E-state index contributed by atoms with van der Waals surface area (Å²) in [7, 11) is 0. The van der Waals surface area contributed by atoms with Crippen LogP contribution in [0.25, 0.3) is 0 Å². The van der Waals surface area contributed by atoms with Gasteiger partial charge in [-0.3, -0.25) is 24.6 Å². The van der Waals surface area contributed by atoms with E-state index in [1.807, 2.05) is 18.2 Å². The van der Waals surface area contributed by atoms with E-state index in [-0.39, 0.29) is 36.5 Å². The quantitative estimate of drug-likeness (QED) is 0.685. The number of benzene rings is 1. The standard InChI is InChI=1S/C23H23ClFN3O3S/c24-20-3-1-15(32-20)12-27-7-5-13(6-8-27)16-9-14-11-28(23(31)17(14)10-18(16)25)19-2-4-21(29)26-22(19)30/h1,3,9-10,13,19H,2,4-8,11-12H2,(H,26,29,30). The molecule has 2 fully saturated rings. The van der Waals surface area contributed by atoms with Crippen LogP contribution in [0.4, 0.5) is 4.39 Å². The molecule has 2 saturated heterocycles. The number of nitrogens with one attached hydrogen (secondary N) is 1. The van der Waals surface area contributed by atoms with Crippen molar-refractivity contribution in [3.05, 3.63) is 56.0 Å². The summed E-state index contributed by atoms with van der Waals surface area (Å²) in [6, 6.07) is 6.42. The Morgan fingerprint density at radius 3 is 2.59 bits per heavy atom. The Hall–Kier alpha value is -2.29. The summed E-state index contributed by atoms with van der Waals surface area (Å²) >= 11 is 7.61. The maximum Gasteiger partial charge on any atom is 0.255 e. The number of rotatable bonds is 4. The van der Waals surface area contributed by atoms with Crippen LogP contribution in [0, 0.1) is 5.82 Å². The summed E-state index contributed by atoms with van der Waals surface area (Å²) in [6.07, 6.45) is 2.19. The molecule has 0 saturated carbocycles. The molecule has 1 N–H and O–H groups in total. The van der Waals surface area contributed by atoms with E-state index < -0.39 is 11.9 Å². The highest BCUT2D eigenvalue weighted by Crippen LogP contribution is 2.36. The zero-order chi connectivity index (χ0) is 22.4. The number of imide groups is 1. The fourth-order valence-corrected chi connectivity index (χ4v) is 6.11. The monoisotopic (exact) mass is 475 g/mol. The summed E-state index contributed by atoms with van der Waals surface area (Å²) < 4.78 is 15.8. The third kappa shape index (κ3) is 4.07. The van der Waals surface area contributed by atoms with Crippen LogP contribution in [0.3, 0.4) is 0 Å². The summed E-state index contributed by atoms with van der Waals surface area (Å²) in [5.41, 5.74) is 1.73. The summed E-state index contributed by atoms with van der Waals surface area (Å²) in [4.78, 5) is 41.6. The lowest BCUT2D eigenvalue weighted by Crippen LogP contribution is -2.52. The molecule has 0 bridgehead atoms. The molecule has 3 aliphatic rings. The lowest BCUT2D eigenvalue weighted by molar-refractivity contribution is -0.136. The van der Waals surface area contributed by atoms with E-state index in [1.54, 1.807) is 11.3 Å². The van der Waals surface area contributed by atoms with Crippen LogP contribution in [0.2, 0.25) is 4.34 Å². The minimum absolute atomic E-state index is 0.100. The summed E-state index contributed by atoms with van der Waals surface area (Å²) in [5.74, 6) is -1.38. The first-order valence-electron chi connectivity index (χ1n) is 10.8. The molecule has 0 spiro atoms. The predicted octanol–water partition coefficient (Wildman–Crippen LogP) is 3.68. The summed E-state index contributed by atoms with van der Waals surface area (Å²) in [5, 5.41) is 2.29. The van der Waals surface area contributed by atoms with Crippen LogP contribution >= 0.6 is 22.9 Å². The largest absolute Gasteiger partial charge is 0.322 e. The second kappa shape index (κ2) is 8.57. The normalized spacial score (nSPS) is 22.4. The van der Waals surface area contributed by atoms with Crippen molar-refractivity contribution in [1.82, 2.24) is 15.1 Å². The van der Waals surface area contributed by atoms with Crippen LogP contribution in [-0.4, -0.2) is 46.7 Å². The molecule has 5 rings (SSSR count). The number of hydrogen-bond donors (Lipinski definition) is 1. The molecular formula is C23H23ClFN3O3S. The van der Waals surface area contributed by atoms with Gasteiger partial charge in [-0.15, -0.1) is 11.3 Å². The Bertz CT molecular complexity index is 1100. The number of thiophene rings is 1. The van der Waals surface area contributed by atoms with E-state index in [9.17, 15) is 14.4 Å². The molecule has 32 heavy (non-hydrogen) atoms. The topological polar surface area (TPSA) is 69.7 Å². The average molecular weight is 476 g/mol. The average Bonchev–Trinajstić information content (AvgIpc) is 3.31. The van der Waals surface area contributed by atoms with E-state index in [4.69, 9.17) is 11.6 Å². The van der Waals surface area contributed by atoms with Crippen molar-refractivity contribution in [2.75, 3.05) is 13.1 Å². The number of carbonyl (C=O) groups excluding carboxylic acids is 3. The maximum atomic E-state index is 15.0. The third-order valence-electron chi connectivity index (χ3n) is 6.68. The molecular weight excluding hydrogens is 453 g/mol. The number of piperidine rings is 2. The van der Waals surface area contributed by atoms with Gasteiger partial charge < -0.3 is 4.90 Å². The molecule has 1 aromatic heterocycles. The second-order valence-electron chi connectivity index (χ2n) is 8.69. The van der Waals surface area contributed by atoms with E-state index in [2.05, 4.69) is 10.2 Å². The van der Waals surface area contributed by atoms with E-state index in [0.29, 0.717) is 17.5 Å². The molecule has 1 unspecified atom stereocenters. The SMILES string of the molecule is O=C1CCC(N2Cc3cc(C4CCN(Cc5ccc(Cl)s5)CC4)c(F)cc3C2=O)C(=O)N1.